The van der Waals surface area contributed by atoms with Gasteiger partial charge in [0.25, 0.3) is 0 Å². The summed E-state index contributed by atoms with van der Waals surface area (Å²) in [6.45, 7) is 2.94. The fourth-order valence-electron chi connectivity index (χ4n) is 2.32. The molecule has 0 radical (unpaired) electrons. The van der Waals surface area contributed by atoms with E-state index in [1.165, 1.54) is 24.8 Å². The van der Waals surface area contributed by atoms with Gasteiger partial charge in [-0.1, -0.05) is 41.4 Å². The van der Waals surface area contributed by atoms with Gasteiger partial charge in [0.2, 0.25) is 0 Å². The molecular formula is C14H19BrO. The molecule has 2 unspecified atom stereocenters. The fraction of sp³-hybridized carbons (Fsp3) is 0.571. The summed E-state index contributed by atoms with van der Waals surface area (Å²) in [7, 11) is 0. The third-order valence-electron chi connectivity index (χ3n) is 3.21. The number of rotatable bonds is 4. The maximum atomic E-state index is 5.59. The lowest BCUT2D eigenvalue weighted by Gasteiger charge is -2.14. The van der Waals surface area contributed by atoms with Crippen molar-refractivity contribution < 1.29 is 4.74 Å². The number of halogens is 1. The van der Waals surface area contributed by atoms with E-state index in [4.69, 9.17) is 4.74 Å². The van der Waals surface area contributed by atoms with Gasteiger partial charge < -0.3 is 4.74 Å². The van der Waals surface area contributed by atoms with Crippen LogP contribution in [-0.2, 0) is 0 Å². The van der Waals surface area contributed by atoms with Crippen molar-refractivity contribution in [2.24, 2.45) is 0 Å². The third-order valence-corrected chi connectivity index (χ3v) is 4.31. The molecule has 0 bridgehead atoms. The van der Waals surface area contributed by atoms with Crippen molar-refractivity contribution in [1.82, 2.24) is 0 Å². The van der Waals surface area contributed by atoms with Gasteiger partial charge in [-0.3, -0.25) is 0 Å². The van der Waals surface area contributed by atoms with Crippen molar-refractivity contribution in [3.05, 3.63) is 29.8 Å². The molecule has 0 aliphatic heterocycles. The van der Waals surface area contributed by atoms with E-state index >= 15 is 0 Å². The Bertz CT molecular complexity index is 320. The largest absolute Gasteiger partial charge is 0.494 e. The van der Waals surface area contributed by atoms with Gasteiger partial charge in [0.15, 0.2) is 0 Å². The SMILES string of the molecule is CCCOc1ccc(C2CCCC2Br)cc1. The molecule has 88 valence electrons. The molecule has 16 heavy (non-hydrogen) atoms. The van der Waals surface area contributed by atoms with Gasteiger partial charge in [-0.2, -0.15) is 0 Å². The molecule has 1 saturated carbocycles. The van der Waals surface area contributed by atoms with E-state index in [-0.39, 0.29) is 0 Å². The highest BCUT2D eigenvalue weighted by atomic mass is 79.9. The van der Waals surface area contributed by atoms with Crippen LogP contribution in [0, 0.1) is 0 Å². The Balaban J connectivity index is 2.01. The quantitative estimate of drug-likeness (QED) is 0.739. The fourth-order valence-corrected chi connectivity index (χ4v) is 3.21. The molecule has 0 saturated heterocycles. The number of hydrogen-bond acceptors (Lipinski definition) is 1. The first-order valence-corrected chi connectivity index (χ1v) is 7.09. The standard InChI is InChI=1S/C14H19BrO/c1-2-10-16-12-8-6-11(7-9-12)13-4-3-5-14(13)15/h6-9,13-14H,2-5,10H2,1H3. The van der Waals surface area contributed by atoms with E-state index in [9.17, 15) is 0 Å². The molecule has 1 aromatic rings. The molecule has 0 amide bonds. The van der Waals surface area contributed by atoms with E-state index in [1.807, 2.05) is 0 Å². The van der Waals surface area contributed by atoms with Crippen LogP contribution in [-0.4, -0.2) is 11.4 Å². The van der Waals surface area contributed by atoms with Gasteiger partial charge >= 0.3 is 0 Å². The summed E-state index contributed by atoms with van der Waals surface area (Å²) in [6, 6.07) is 8.64. The number of hydrogen-bond donors (Lipinski definition) is 0. The monoisotopic (exact) mass is 282 g/mol. The first kappa shape index (κ1) is 12.0. The van der Waals surface area contributed by atoms with Crippen LogP contribution in [0.1, 0.15) is 44.1 Å². The van der Waals surface area contributed by atoms with Crippen LogP contribution in [0.25, 0.3) is 0 Å². The Morgan fingerprint density at radius 3 is 2.56 bits per heavy atom. The van der Waals surface area contributed by atoms with Crippen LogP contribution in [0.5, 0.6) is 5.75 Å². The van der Waals surface area contributed by atoms with Gasteiger partial charge in [0, 0.05) is 4.83 Å². The van der Waals surface area contributed by atoms with E-state index in [1.54, 1.807) is 0 Å². The highest BCUT2D eigenvalue weighted by molar-refractivity contribution is 9.09. The zero-order valence-corrected chi connectivity index (χ0v) is 11.4. The Labute approximate surface area is 106 Å². The van der Waals surface area contributed by atoms with Crippen molar-refractivity contribution in [3.63, 3.8) is 0 Å². The van der Waals surface area contributed by atoms with E-state index in [0.29, 0.717) is 10.7 Å². The first-order chi connectivity index (χ1) is 7.81. The summed E-state index contributed by atoms with van der Waals surface area (Å²) in [6.07, 6.45) is 5.02. The average molecular weight is 283 g/mol. The highest BCUT2D eigenvalue weighted by Crippen LogP contribution is 2.39. The van der Waals surface area contributed by atoms with Gasteiger partial charge in [-0.25, -0.2) is 0 Å². The van der Waals surface area contributed by atoms with Crippen molar-refractivity contribution in [2.75, 3.05) is 6.61 Å². The van der Waals surface area contributed by atoms with Crippen LogP contribution < -0.4 is 4.74 Å². The summed E-state index contributed by atoms with van der Waals surface area (Å²) in [5, 5.41) is 0. The van der Waals surface area contributed by atoms with Gasteiger partial charge in [-0.05, 0) is 42.9 Å². The lowest BCUT2D eigenvalue weighted by molar-refractivity contribution is 0.317. The number of benzene rings is 1. The number of ether oxygens (including phenoxy) is 1. The molecule has 2 atom stereocenters. The molecule has 0 spiro atoms. The smallest absolute Gasteiger partial charge is 0.119 e. The zero-order chi connectivity index (χ0) is 11.4. The molecule has 0 heterocycles. The minimum Gasteiger partial charge on any atom is -0.494 e. The minimum atomic E-state index is 0.662. The van der Waals surface area contributed by atoms with Crippen molar-refractivity contribution in [2.45, 2.75) is 43.4 Å². The van der Waals surface area contributed by atoms with Crippen molar-refractivity contribution in [3.8, 4) is 5.75 Å². The second kappa shape index (κ2) is 5.72. The molecule has 1 fully saturated rings. The van der Waals surface area contributed by atoms with E-state index in [0.717, 1.165) is 18.8 Å². The Morgan fingerprint density at radius 1 is 1.25 bits per heavy atom. The Morgan fingerprint density at radius 2 is 2.00 bits per heavy atom. The lowest BCUT2D eigenvalue weighted by Crippen LogP contribution is -2.04. The molecule has 1 aliphatic carbocycles. The maximum absolute atomic E-state index is 5.59. The summed E-state index contributed by atoms with van der Waals surface area (Å²) >= 11 is 3.77. The van der Waals surface area contributed by atoms with E-state index < -0.39 is 0 Å². The minimum absolute atomic E-state index is 0.662. The summed E-state index contributed by atoms with van der Waals surface area (Å²) in [5.41, 5.74) is 1.45. The molecule has 0 aromatic heterocycles. The molecule has 1 aromatic carbocycles. The highest BCUT2D eigenvalue weighted by Gasteiger charge is 2.25. The molecular weight excluding hydrogens is 264 g/mol. The third kappa shape index (κ3) is 2.79. The van der Waals surface area contributed by atoms with Crippen LogP contribution >= 0.6 is 15.9 Å². The zero-order valence-electron chi connectivity index (χ0n) is 9.79. The molecule has 0 N–H and O–H groups in total. The van der Waals surface area contributed by atoms with Crippen molar-refractivity contribution in [1.29, 1.82) is 0 Å². The number of alkyl halides is 1. The molecule has 1 nitrogen and oxygen atoms in total. The van der Waals surface area contributed by atoms with Gasteiger partial charge in [0.1, 0.15) is 5.75 Å². The summed E-state index contributed by atoms with van der Waals surface area (Å²) in [5.74, 6) is 1.69. The van der Waals surface area contributed by atoms with Crippen LogP contribution in [0.15, 0.2) is 24.3 Å². The normalized spacial score (nSPS) is 24.6. The van der Waals surface area contributed by atoms with Crippen molar-refractivity contribution >= 4 is 15.9 Å². The van der Waals surface area contributed by atoms with E-state index in [2.05, 4.69) is 47.1 Å². The predicted molar refractivity (Wildman–Crippen MR) is 71.5 cm³/mol. The van der Waals surface area contributed by atoms with Crippen LogP contribution in [0.4, 0.5) is 0 Å². The second-order valence-electron chi connectivity index (χ2n) is 4.47. The maximum Gasteiger partial charge on any atom is 0.119 e. The van der Waals surface area contributed by atoms with Crippen LogP contribution in [0.2, 0.25) is 0 Å². The Hall–Kier alpha value is -0.500. The molecule has 2 rings (SSSR count). The average Bonchev–Trinajstić information content (AvgIpc) is 2.74. The predicted octanol–water partition coefficient (Wildman–Crippen LogP) is 4.51. The Kier molecular flexibility index (Phi) is 4.28. The summed E-state index contributed by atoms with van der Waals surface area (Å²) < 4.78 is 5.59. The van der Waals surface area contributed by atoms with Gasteiger partial charge in [0.05, 0.1) is 6.61 Å². The molecule has 2 heteroatoms. The first-order valence-electron chi connectivity index (χ1n) is 6.18. The topological polar surface area (TPSA) is 9.23 Å². The molecule has 1 aliphatic rings. The van der Waals surface area contributed by atoms with Crippen LogP contribution in [0.3, 0.4) is 0 Å². The second-order valence-corrected chi connectivity index (χ2v) is 5.65. The van der Waals surface area contributed by atoms with Gasteiger partial charge in [-0.15, -0.1) is 0 Å². The summed E-state index contributed by atoms with van der Waals surface area (Å²) in [4.78, 5) is 0.662. The lowest BCUT2D eigenvalue weighted by atomic mass is 9.98.